The highest BCUT2D eigenvalue weighted by Gasteiger charge is 2.18. The van der Waals surface area contributed by atoms with Crippen molar-refractivity contribution in [2.24, 2.45) is 5.92 Å². The maximum atomic E-state index is 12.2. The molecule has 0 heterocycles. The van der Waals surface area contributed by atoms with Crippen molar-refractivity contribution in [2.45, 2.75) is 25.7 Å². The molecule has 0 atom stereocenters. The summed E-state index contributed by atoms with van der Waals surface area (Å²) in [4.78, 5) is 14.1. The van der Waals surface area contributed by atoms with E-state index >= 15 is 0 Å². The Bertz CT molecular complexity index is 453. The van der Waals surface area contributed by atoms with Gasteiger partial charge >= 0.3 is 0 Å². The molecular formula is C15H23N3O. The van der Waals surface area contributed by atoms with Crippen LogP contribution in [0.15, 0.2) is 18.2 Å². The third-order valence-electron chi connectivity index (χ3n) is 3.81. The van der Waals surface area contributed by atoms with Crippen molar-refractivity contribution in [2.75, 3.05) is 31.3 Å². The summed E-state index contributed by atoms with van der Waals surface area (Å²) < 4.78 is 0. The van der Waals surface area contributed by atoms with E-state index in [1.807, 2.05) is 31.1 Å². The Kier molecular flexibility index (Phi) is 4.30. The minimum Gasteiger partial charge on any atom is -0.399 e. The molecular weight excluding hydrogens is 238 g/mol. The number of amides is 1. The number of nitrogens with zero attached hydrogens (tertiary/aromatic N) is 1. The van der Waals surface area contributed by atoms with Crippen molar-refractivity contribution in [3.63, 3.8) is 0 Å². The highest BCUT2D eigenvalue weighted by molar-refractivity contribution is 6.00. The maximum Gasteiger partial charge on any atom is 0.253 e. The van der Waals surface area contributed by atoms with Crippen LogP contribution in [0.2, 0.25) is 0 Å². The number of hydrogen-bond donors (Lipinski definition) is 2. The molecule has 3 N–H and O–H groups in total. The molecule has 1 aliphatic rings. The lowest BCUT2D eigenvalue weighted by molar-refractivity contribution is 0.0949. The fourth-order valence-corrected chi connectivity index (χ4v) is 2.39. The van der Waals surface area contributed by atoms with E-state index in [9.17, 15) is 4.79 Å². The number of carbonyl (C=O) groups is 1. The van der Waals surface area contributed by atoms with Crippen LogP contribution in [0.1, 0.15) is 36.0 Å². The van der Waals surface area contributed by atoms with Gasteiger partial charge in [-0.05, 0) is 30.5 Å². The van der Waals surface area contributed by atoms with Crippen LogP contribution in [0, 0.1) is 5.92 Å². The largest absolute Gasteiger partial charge is 0.399 e. The van der Waals surface area contributed by atoms with E-state index in [-0.39, 0.29) is 5.91 Å². The van der Waals surface area contributed by atoms with Gasteiger partial charge < -0.3 is 16.0 Å². The van der Waals surface area contributed by atoms with E-state index in [1.165, 1.54) is 19.3 Å². The van der Waals surface area contributed by atoms with Crippen LogP contribution in [-0.2, 0) is 0 Å². The van der Waals surface area contributed by atoms with Gasteiger partial charge in [0.05, 0.1) is 5.56 Å². The van der Waals surface area contributed by atoms with Gasteiger partial charge in [0, 0.05) is 32.0 Å². The van der Waals surface area contributed by atoms with Crippen LogP contribution in [0.4, 0.5) is 11.4 Å². The summed E-state index contributed by atoms with van der Waals surface area (Å²) in [7, 11) is 3.85. The van der Waals surface area contributed by atoms with Gasteiger partial charge in [-0.25, -0.2) is 0 Å². The van der Waals surface area contributed by atoms with Crippen molar-refractivity contribution >= 4 is 17.3 Å². The Hall–Kier alpha value is -1.71. The Morgan fingerprint density at radius 3 is 2.74 bits per heavy atom. The van der Waals surface area contributed by atoms with Gasteiger partial charge in [-0.3, -0.25) is 4.79 Å². The molecule has 4 nitrogen and oxygen atoms in total. The minimum absolute atomic E-state index is 0.0321. The molecule has 104 valence electrons. The molecule has 1 aromatic carbocycles. The topological polar surface area (TPSA) is 58.4 Å². The lowest BCUT2D eigenvalue weighted by Gasteiger charge is -2.25. The Morgan fingerprint density at radius 1 is 1.42 bits per heavy atom. The molecule has 1 aliphatic carbocycles. The molecule has 1 fully saturated rings. The standard InChI is InChI=1S/C15H23N3O/c1-18(2)14-7-6-12(16)10-13(14)15(19)17-9-8-11-4-3-5-11/h6-7,10-11H,3-5,8-9,16H2,1-2H3,(H,17,19). The van der Waals surface area contributed by atoms with E-state index in [2.05, 4.69) is 5.32 Å². The van der Waals surface area contributed by atoms with E-state index < -0.39 is 0 Å². The first-order chi connectivity index (χ1) is 9.08. The van der Waals surface area contributed by atoms with E-state index in [0.717, 1.165) is 24.6 Å². The van der Waals surface area contributed by atoms with Gasteiger partial charge in [-0.2, -0.15) is 0 Å². The number of hydrogen-bond acceptors (Lipinski definition) is 3. The number of nitrogens with one attached hydrogen (secondary N) is 1. The number of rotatable bonds is 5. The fourth-order valence-electron chi connectivity index (χ4n) is 2.39. The fraction of sp³-hybridized carbons (Fsp3) is 0.533. The second-order valence-corrected chi connectivity index (χ2v) is 5.51. The number of nitrogens with two attached hydrogens (primary N) is 1. The molecule has 1 saturated carbocycles. The summed E-state index contributed by atoms with van der Waals surface area (Å²) in [6, 6.07) is 5.45. The molecule has 0 radical (unpaired) electrons. The second kappa shape index (κ2) is 5.95. The Balaban J connectivity index is 1.98. The molecule has 1 amide bonds. The molecule has 0 aromatic heterocycles. The average molecular weight is 261 g/mol. The molecule has 1 aromatic rings. The number of benzene rings is 1. The van der Waals surface area contributed by atoms with Crippen molar-refractivity contribution in [1.82, 2.24) is 5.32 Å². The summed E-state index contributed by atoms with van der Waals surface area (Å²) in [5.41, 5.74) is 7.94. The highest BCUT2D eigenvalue weighted by Crippen LogP contribution is 2.28. The van der Waals surface area contributed by atoms with Crippen LogP contribution in [0.25, 0.3) is 0 Å². The average Bonchev–Trinajstić information content (AvgIpc) is 2.31. The quantitative estimate of drug-likeness (QED) is 0.799. The van der Waals surface area contributed by atoms with Crippen LogP contribution in [-0.4, -0.2) is 26.5 Å². The molecule has 0 bridgehead atoms. The normalized spacial score (nSPS) is 14.8. The molecule has 4 heteroatoms. The molecule has 2 rings (SSSR count). The van der Waals surface area contributed by atoms with Crippen LogP contribution in [0.3, 0.4) is 0 Å². The van der Waals surface area contributed by atoms with Gasteiger partial charge in [0.25, 0.3) is 5.91 Å². The van der Waals surface area contributed by atoms with Crippen LogP contribution >= 0.6 is 0 Å². The number of anilines is 2. The lowest BCUT2D eigenvalue weighted by Crippen LogP contribution is -2.29. The Morgan fingerprint density at radius 2 is 2.16 bits per heavy atom. The number of nitrogen functional groups attached to an aromatic ring is 1. The van der Waals surface area contributed by atoms with Crippen molar-refractivity contribution in [1.29, 1.82) is 0 Å². The zero-order valence-electron chi connectivity index (χ0n) is 11.8. The maximum absolute atomic E-state index is 12.2. The lowest BCUT2D eigenvalue weighted by atomic mass is 9.83. The van der Waals surface area contributed by atoms with E-state index in [1.54, 1.807) is 6.07 Å². The van der Waals surface area contributed by atoms with Gasteiger partial charge in [-0.1, -0.05) is 19.3 Å². The predicted molar refractivity (Wildman–Crippen MR) is 79.5 cm³/mol. The zero-order chi connectivity index (χ0) is 13.8. The first-order valence-corrected chi connectivity index (χ1v) is 6.93. The summed E-state index contributed by atoms with van der Waals surface area (Å²) in [5.74, 6) is 0.782. The number of carbonyl (C=O) groups excluding carboxylic acids is 1. The summed E-state index contributed by atoms with van der Waals surface area (Å²) >= 11 is 0. The molecule has 19 heavy (non-hydrogen) atoms. The monoisotopic (exact) mass is 261 g/mol. The predicted octanol–water partition coefficient (Wildman–Crippen LogP) is 2.25. The Labute approximate surface area is 115 Å². The second-order valence-electron chi connectivity index (χ2n) is 5.51. The van der Waals surface area contributed by atoms with Gasteiger partial charge in [0.1, 0.15) is 0 Å². The smallest absolute Gasteiger partial charge is 0.253 e. The van der Waals surface area contributed by atoms with Gasteiger partial charge in [0.2, 0.25) is 0 Å². The van der Waals surface area contributed by atoms with E-state index in [0.29, 0.717) is 11.3 Å². The first-order valence-electron chi connectivity index (χ1n) is 6.93. The molecule has 0 saturated heterocycles. The van der Waals surface area contributed by atoms with Crippen molar-refractivity contribution in [3.05, 3.63) is 23.8 Å². The van der Waals surface area contributed by atoms with Crippen LogP contribution in [0.5, 0.6) is 0 Å². The SMILES string of the molecule is CN(C)c1ccc(N)cc1C(=O)NCCC1CCC1. The summed E-state index contributed by atoms with van der Waals surface area (Å²) in [6.45, 7) is 0.755. The summed E-state index contributed by atoms with van der Waals surface area (Å²) in [6.07, 6.45) is 5.07. The zero-order valence-corrected chi connectivity index (χ0v) is 11.8. The minimum atomic E-state index is -0.0321. The molecule has 0 spiro atoms. The summed E-state index contributed by atoms with van der Waals surface area (Å²) in [5, 5.41) is 3.00. The van der Waals surface area contributed by atoms with Gasteiger partial charge in [-0.15, -0.1) is 0 Å². The molecule has 0 aliphatic heterocycles. The molecule has 0 unspecified atom stereocenters. The third kappa shape index (κ3) is 3.40. The van der Waals surface area contributed by atoms with Crippen molar-refractivity contribution < 1.29 is 4.79 Å². The van der Waals surface area contributed by atoms with Crippen molar-refractivity contribution in [3.8, 4) is 0 Å². The third-order valence-corrected chi connectivity index (χ3v) is 3.81. The van der Waals surface area contributed by atoms with Gasteiger partial charge in [0.15, 0.2) is 0 Å². The first kappa shape index (κ1) is 13.7. The van der Waals surface area contributed by atoms with E-state index in [4.69, 9.17) is 5.73 Å². The highest BCUT2D eigenvalue weighted by atomic mass is 16.1. The van der Waals surface area contributed by atoms with Crippen LogP contribution < -0.4 is 16.0 Å².